The van der Waals surface area contributed by atoms with Gasteiger partial charge in [0.05, 0.1) is 13.2 Å². The fourth-order valence-electron chi connectivity index (χ4n) is 2.93. The Hall–Kier alpha value is -0.160. The smallest absolute Gasteiger partial charge is 0.0589 e. The van der Waals surface area contributed by atoms with Gasteiger partial charge in [-0.2, -0.15) is 0 Å². The molecular formula is C14H30N2O2. The summed E-state index contributed by atoms with van der Waals surface area (Å²) in [5, 5.41) is 0. The molecule has 1 aliphatic carbocycles. The van der Waals surface area contributed by atoms with Crippen LogP contribution in [0.2, 0.25) is 0 Å². The Morgan fingerprint density at radius 2 is 1.67 bits per heavy atom. The molecule has 1 rings (SSSR count). The van der Waals surface area contributed by atoms with E-state index in [1.165, 1.54) is 12.8 Å². The Kier molecular flexibility index (Phi) is 6.57. The van der Waals surface area contributed by atoms with Crippen molar-refractivity contribution in [2.24, 2.45) is 17.6 Å². The van der Waals surface area contributed by atoms with Gasteiger partial charge in [0.1, 0.15) is 0 Å². The number of methoxy groups -OCH3 is 2. The van der Waals surface area contributed by atoms with Crippen molar-refractivity contribution < 1.29 is 9.47 Å². The van der Waals surface area contributed by atoms with E-state index in [-0.39, 0.29) is 5.54 Å². The number of rotatable bonds is 9. The van der Waals surface area contributed by atoms with Crippen LogP contribution in [-0.4, -0.2) is 57.5 Å². The summed E-state index contributed by atoms with van der Waals surface area (Å²) in [6, 6.07) is 0. The minimum atomic E-state index is 0.187. The second kappa shape index (κ2) is 7.43. The van der Waals surface area contributed by atoms with Crippen molar-refractivity contribution in [1.29, 1.82) is 0 Å². The van der Waals surface area contributed by atoms with Crippen molar-refractivity contribution in [3.63, 3.8) is 0 Å². The molecule has 108 valence electrons. The highest BCUT2D eigenvalue weighted by atomic mass is 16.5. The van der Waals surface area contributed by atoms with Crippen molar-refractivity contribution in [2.45, 2.75) is 32.2 Å². The van der Waals surface area contributed by atoms with Gasteiger partial charge in [-0.05, 0) is 24.7 Å². The fraction of sp³-hybridized carbons (Fsp3) is 1.00. The van der Waals surface area contributed by atoms with Crippen LogP contribution in [0.5, 0.6) is 0 Å². The second-order valence-electron chi connectivity index (χ2n) is 5.81. The quantitative estimate of drug-likeness (QED) is 0.678. The van der Waals surface area contributed by atoms with Crippen LogP contribution in [-0.2, 0) is 9.47 Å². The maximum atomic E-state index is 6.05. The summed E-state index contributed by atoms with van der Waals surface area (Å²) in [4.78, 5) is 2.47. The van der Waals surface area contributed by atoms with E-state index < -0.39 is 0 Å². The zero-order chi connectivity index (χ0) is 13.6. The Bertz CT molecular complexity index is 220. The van der Waals surface area contributed by atoms with Crippen molar-refractivity contribution in [3.8, 4) is 0 Å². The molecular weight excluding hydrogens is 228 g/mol. The molecule has 0 spiro atoms. The maximum Gasteiger partial charge on any atom is 0.0589 e. The Labute approximate surface area is 112 Å². The highest BCUT2D eigenvalue weighted by molar-refractivity contribution is 5.04. The van der Waals surface area contributed by atoms with E-state index in [4.69, 9.17) is 15.2 Å². The lowest BCUT2D eigenvalue weighted by Crippen LogP contribution is -2.63. The molecule has 0 heterocycles. The lowest BCUT2D eigenvalue weighted by Gasteiger charge is -2.55. The second-order valence-corrected chi connectivity index (χ2v) is 5.81. The van der Waals surface area contributed by atoms with Crippen LogP contribution < -0.4 is 5.73 Å². The zero-order valence-electron chi connectivity index (χ0n) is 12.4. The normalized spacial score (nSPS) is 27.8. The number of nitrogens with two attached hydrogens (primary N) is 1. The van der Waals surface area contributed by atoms with E-state index in [1.54, 1.807) is 14.2 Å². The van der Waals surface area contributed by atoms with Crippen LogP contribution in [0, 0.1) is 11.8 Å². The van der Waals surface area contributed by atoms with Crippen LogP contribution in [0.3, 0.4) is 0 Å². The summed E-state index contributed by atoms with van der Waals surface area (Å²) in [5.41, 5.74) is 6.24. The summed E-state index contributed by atoms with van der Waals surface area (Å²) in [6.07, 6.45) is 2.43. The Morgan fingerprint density at radius 3 is 2.00 bits per heavy atom. The monoisotopic (exact) mass is 258 g/mol. The summed E-state index contributed by atoms with van der Waals surface area (Å²) in [7, 11) is 3.50. The summed E-state index contributed by atoms with van der Waals surface area (Å²) in [5.74, 6) is 1.58. The van der Waals surface area contributed by atoms with Crippen LogP contribution in [0.4, 0.5) is 0 Å². The first kappa shape index (κ1) is 15.9. The lowest BCUT2D eigenvalue weighted by molar-refractivity contribution is -0.0531. The zero-order valence-corrected chi connectivity index (χ0v) is 12.4. The Balaban J connectivity index is 2.57. The fourth-order valence-corrected chi connectivity index (χ4v) is 2.93. The average Bonchev–Trinajstić information content (AvgIpc) is 2.30. The molecule has 1 aliphatic rings. The van der Waals surface area contributed by atoms with E-state index >= 15 is 0 Å². The van der Waals surface area contributed by atoms with Gasteiger partial charge in [0.15, 0.2) is 0 Å². The molecule has 0 aliphatic heterocycles. The van der Waals surface area contributed by atoms with Crippen molar-refractivity contribution >= 4 is 0 Å². The minimum Gasteiger partial charge on any atom is -0.383 e. The minimum absolute atomic E-state index is 0.187. The third-order valence-corrected chi connectivity index (χ3v) is 4.41. The molecule has 4 nitrogen and oxygen atoms in total. The van der Waals surface area contributed by atoms with Gasteiger partial charge in [-0.3, -0.25) is 4.90 Å². The summed E-state index contributed by atoms with van der Waals surface area (Å²) in [6.45, 7) is 8.77. The molecule has 2 N–H and O–H groups in total. The molecule has 0 atom stereocenters. The third kappa shape index (κ3) is 3.67. The van der Waals surface area contributed by atoms with Gasteiger partial charge in [0.25, 0.3) is 0 Å². The van der Waals surface area contributed by atoms with Crippen LogP contribution in [0.25, 0.3) is 0 Å². The first-order chi connectivity index (χ1) is 8.59. The van der Waals surface area contributed by atoms with Crippen molar-refractivity contribution in [2.75, 3.05) is 47.1 Å². The summed E-state index contributed by atoms with van der Waals surface area (Å²) >= 11 is 0. The third-order valence-electron chi connectivity index (χ3n) is 4.41. The topological polar surface area (TPSA) is 47.7 Å². The van der Waals surface area contributed by atoms with Gasteiger partial charge < -0.3 is 15.2 Å². The highest BCUT2D eigenvalue weighted by Crippen LogP contribution is 2.45. The predicted molar refractivity (Wildman–Crippen MR) is 74.7 cm³/mol. The molecule has 18 heavy (non-hydrogen) atoms. The average molecular weight is 258 g/mol. The number of nitrogens with zero attached hydrogens (tertiary/aromatic N) is 1. The first-order valence-corrected chi connectivity index (χ1v) is 7.02. The maximum absolute atomic E-state index is 6.05. The molecule has 0 amide bonds. The predicted octanol–water partition coefficient (Wildman–Crippen LogP) is 1.34. The molecule has 0 aromatic rings. The molecule has 4 heteroatoms. The molecule has 1 fully saturated rings. The van der Waals surface area contributed by atoms with Gasteiger partial charge in [-0.1, -0.05) is 13.8 Å². The summed E-state index contributed by atoms with van der Waals surface area (Å²) < 4.78 is 10.4. The molecule has 0 aromatic heterocycles. The van der Waals surface area contributed by atoms with E-state index in [1.807, 2.05) is 0 Å². The first-order valence-electron chi connectivity index (χ1n) is 7.02. The van der Waals surface area contributed by atoms with Crippen LogP contribution >= 0.6 is 0 Å². The lowest BCUT2D eigenvalue weighted by atomic mass is 9.63. The SMILES string of the molecule is COCCN(CCOC)C1(CN)CC(C(C)C)C1. The number of ether oxygens (including phenoxy) is 2. The Morgan fingerprint density at radius 1 is 1.17 bits per heavy atom. The molecule has 0 bridgehead atoms. The van der Waals surface area contributed by atoms with Crippen LogP contribution in [0.1, 0.15) is 26.7 Å². The molecule has 1 saturated carbocycles. The van der Waals surface area contributed by atoms with Gasteiger partial charge in [0, 0.05) is 39.4 Å². The van der Waals surface area contributed by atoms with Gasteiger partial charge in [-0.25, -0.2) is 0 Å². The van der Waals surface area contributed by atoms with E-state index in [0.717, 1.165) is 44.7 Å². The van der Waals surface area contributed by atoms with Crippen LogP contribution in [0.15, 0.2) is 0 Å². The molecule has 0 radical (unpaired) electrons. The van der Waals surface area contributed by atoms with Gasteiger partial charge in [-0.15, -0.1) is 0 Å². The molecule has 0 aromatic carbocycles. The molecule has 0 saturated heterocycles. The molecule has 0 unspecified atom stereocenters. The van der Waals surface area contributed by atoms with Gasteiger partial charge in [0.2, 0.25) is 0 Å². The standard InChI is InChI=1S/C14H30N2O2/c1-12(2)13-9-14(10-13,11-15)16(5-7-17-3)6-8-18-4/h12-13H,5-11,15H2,1-4H3. The van der Waals surface area contributed by atoms with E-state index in [9.17, 15) is 0 Å². The number of hydrogen-bond acceptors (Lipinski definition) is 4. The largest absolute Gasteiger partial charge is 0.383 e. The number of hydrogen-bond donors (Lipinski definition) is 1. The van der Waals surface area contributed by atoms with E-state index in [0.29, 0.717) is 0 Å². The highest BCUT2D eigenvalue weighted by Gasteiger charge is 2.47. The van der Waals surface area contributed by atoms with E-state index in [2.05, 4.69) is 18.7 Å². The van der Waals surface area contributed by atoms with Crippen molar-refractivity contribution in [3.05, 3.63) is 0 Å². The van der Waals surface area contributed by atoms with Gasteiger partial charge >= 0.3 is 0 Å². The van der Waals surface area contributed by atoms with Crippen molar-refractivity contribution in [1.82, 2.24) is 4.90 Å².